The second-order valence-corrected chi connectivity index (χ2v) is 7.30. The molecular formula is C13H19N3O3S2. The Morgan fingerprint density at radius 2 is 2.00 bits per heavy atom. The number of benzene rings is 1. The van der Waals surface area contributed by atoms with Gasteiger partial charge in [0.25, 0.3) is 0 Å². The number of hydrogen-bond donors (Lipinski definition) is 1. The molecule has 1 aliphatic heterocycles. The Hall–Kier alpha value is -1.38. The summed E-state index contributed by atoms with van der Waals surface area (Å²) in [6.07, 6.45) is 0. The van der Waals surface area contributed by atoms with Gasteiger partial charge in [-0.05, 0) is 12.1 Å². The van der Waals surface area contributed by atoms with Crippen LogP contribution in [0.25, 0.3) is 0 Å². The zero-order valence-corrected chi connectivity index (χ0v) is 13.5. The fourth-order valence-electron chi connectivity index (χ4n) is 2.30. The Kier molecular flexibility index (Phi) is 5.02. The van der Waals surface area contributed by atoms with Crippen molar-refractivity contribution < 1.29 is 13.2 Å². The van der Waals surface area contributed by atoms with E-state index in [0.717, 1.165) is 11.4 Å². The van der Waals surface area contributed by atoms with E-state index >= 15 is 0 Å². The van der Waals surface area contributed by atoms with Gasteiger partial charge in [-0.3, -0.25) is 0 Å². The Morgan fingerprint density at radius 1 is 1.33 bits per heavy atom. The van der Waals surface area contributed by atoms with E-state index in [9.17, 15) is 8.42 Å². The highest BCUT2D eigenvalue weighted by atomic mass is 32.2. The molecule has 1 aliphatic rings. The Bertz CT molecular complexity index is 611. The summed E-state index contributed by atoms with van der Waals surface area (Å²) in [5, 5.41) is 0. The molecule has 0 saturated carbocycles. The van der Waals surface area contributed by atoms with Gasteiger partial charge in [-0.25, -0.2) is 8.42 Å². The molecule has 0 bridgehead atoms. The molecule has 0 spiro atoms. The zero-order valence-electron chi connectivity index (χ0n) is 11.9. The molecule has 2 N–H and O–H groups in total. The van der Waals surface area contributed by atoms with Crippen LogP contribution in [0.4, 0.5) is 5.69 Å². The lowest BCUT2D eigenvalue weighted by molar-refractivity contribution is 0.386. The largest absolute Gasteiger partial charge is 0.497 e. The molecule has 1 aromatic rings. The first-order valence-corrected chi connectivity index (χ1v) is 8.59. The predicted octanol–water partition coefficient (Wildman–Crippen LogP) is 0.433. The van der Waals surface area contributed by atoms with Gasteiger partial charge in [0, 0.05) is 37.9 Å². The van der Waals surface area contributed by atoms with Gasteiger partial charge in [0.1, 0.15) is 11.5 Å². The molecule has 0 atom stereocenters. The number of methoxy groups -OCH3 is 1. The molecule has 2 rings (SSSR count). The molecule has 0 aliphatic carbocycles. The quantitative estimate of drug-likeness (QED) is 0.790. The lowest BCUT2D eigenvalue weighted by Crippen LogP contribution is -2.50. The van der Waals surface area contributed by atoms with Crippen molar-refractivity contribution in [1.29, 1.82) is 0 Å². The highest BCUT2D eigenvalue weighted by Gasteiger charge is 2.27. The van der Waals surface area contributed by atoms with Crippen molar-refractivity contribution >= 4 is 32.9 Å². The maximum atomic E-state index is 12.1. The lowest BCUT2D eigenvalue weighted by atomic mass is 10.2. The minimum Gasteiger partial charge on any atom is -0.497 e. The van der Waals surface area contributed by atoms with E-state index in [2.05, 4.69) is 17.1 Å². The number of anilines is 1. The third kappa shape index (κ3) is 4.05. The minimum atomic E-state index is -3.39. The van der Waals surface area contributed by atoms with Gasteiger partial charge in [0.15, 0.2) is 0 Å². The first-order valence-electron chi connectivity index (χ1n) is 6.57. The van der Waals surface area contributed by atoms with E-state index in [1.165, 1.54) is 4.31 Å². The summed E-state index contributed by atoms with van der Waals surface area (Å²) in [6, 6.07) is 7.73. The van der Waals surface area contributed by atoms with Crippen LogP contribution < -0.4 is 15.4 Å². The number of rotatable bonds is 5. The molecule has 0 amide bonds. The van der Waals surface area contributed by atoms with Gasteiger partial charge in [-0.2, -0.15) is 4.31 Å². The van der Waals surface area contributed by atoms with Crippen molar-refractivity contribution in [2.75, 3.05) is 43.9 Å². The molecule has 116 valence electrons. The average Bonchev–Trinajstić information content (AvgIpc) is 2.46. The van der Waals surface area contributed by atoms with Crippen LogP contribution >= 0.6 is 12.2 Å². The summed E-state index contributed by atoms with van der Waals surface area (Å²) in [7, 11) is -1.76. The van der Waals surface area contributed by atoms with Crippen molar-refractivity contribution in [2.24, 2.45) is 5.73 Å². The highest BCUT2D eigenvalue weighted by molar-refractivity contribution is 7.92. The summed E-state index contributed by atoms with van der Waals surface area (Å²) in [6.45, 7) is 2.12. The smallest absolute Gasteiger partial charge is 0.220 e. The van der Waals surface area contributed by atoms with Crippen molar-refractivity contribution in [2.45, 2.75) is 0 Å². The summed E-state index contributed by atoms with van der Waals surface area (Å²) >= 11 is 4.69. The van der Waals surface area contributed by atoms with Gasteiger partial charge in [-0.15, -0.1) is 0 Å². The monoisotopic (exact) mass is 329 g/mol. The van der Waals surface area contributed by atoms with Crippen LogP contribution in [-0.2, 0) is 10.0 Å². The third-order valence-corrected chi connectivity index (χ3v) is 5.53. The van der Waals surface area contributed by atoms with E-state index in [1.807, 2.05) is 24.3 Å². The van der Waals surface area contributed by atoms with Crippen molar-refractivity contribution in [1.82, 2.24) is 4.31 Å². The van der Waals surface area contributed by atoms with Crippen molar-refractivity contribution in [3.05, 3.63) is 24.3 Å². The normalized spacial score (nSPS) is 16.7. The van der Waals surface area contributed by atoms with Crippen LogP contribution in [0.15, 0.2) is 24.3 Å². The van der Waals surface area contributed by atoms with Gasteiger partial charge >= 0.3 is 0 Å². The van der Waals surface area contributed by atoms with E-state index < -0.39 is 10.0 Å². The fraction of sp³-hybridized carbons (Fsp3) is 0.462. The second-order valence-electron chi connectivity index (χ2n) is 4.81. The molecule has 1 aromatic carbocycles. The molecule has 0 aromatic heterocycles. The number of hydrogen-bond acceptors (Lipinski definition) is 5. The topological polar surface area (TPSA) is 75.9 Å². The summed E-state index contributed by atoms with van der Waals surface area (Å²) in [5.41, 5.74) is 6.37. The van der Waals surface area contributed by atoms with Crippen LogP contribution in [0.3, 0.4) is 0 Å². The van der Waals surface area contributed by atoms with Gasteiger partial charge in [0.05, 0.1) is 12.1 Å². The van der Waals surface area contributed by atoms with E-state index in [0.29, 0.717) is 26.2 Å². The first kappa shape index (κ1) is 16.0. The highest BCUT2D eigenvalue weighted by Crippen LogP contribution is 2.22. The predicted molar refractivity (Wildman–Crippen MR) is 87.4 cm³/mol. The lowest BCUT2D eigenvalue weighted by Gasteiger charge is -2.35. The molecule has 0 unspecified atom stereocenters. The van der Waals surface area contributed by atoms with Gasteiger partial charge in [0.2, 0.25) is 10.0 Å². The van der Waals surface area contributed by atoms with Crippen LogP contribution in [0.1, 0.15) is 0 Å². The fourth-order valence-corrected chi connectivity index (χ4v) is 4.01. The van der Waals surface area contributed by atoms with Crippen LogP contribution in [0.2, 0.25) is 0 Å². The van der Waals surface area contributed by atoms with Crippen LogP contribution in [0.5, 0.6) is 5.75 Å². The Balaban J connectivity index is 2.01. The summed E-state index contributed by atoms with van der Waals surface area (Å²) < 4.78 is 30.8. The number of nitrogens with zero attached hydrogens (tertiary/aromatic N) is 2. The van der Waals surface area contributed by atoms with Crippen molar-refractivity contribution in [3.8, 4) is 5.75 Å². The molecule has 0 radical (unpaired) electrons. The van der Waals surface area contributed by atoms with Gasteiger partial charge < -0.3 is 15.4 Å². The molecule has 1 saturated heterocycles. The van der Waals surface area contributed by atoms with Crippen LogP contribution in [0, 0.1) is 0 Å². The van der Waals surface area contributed by atoms with E-state index in [-0.39, 0.29) is 10.7 Å². The molecule has 8 heteroatoms. The Labute approximate surface area is 130 Å². The molecule has 21 heavy (non-hydrogen) atoms. The number of nitrogens with two attached hydrogens (primary N) is 1. The minimum absolute atomic E-state index is 0.00484. The number of sulfonamides is 1. The standard InChI is InChI=1S/C13H19N3O3S2/c1-19-12-4-2-3-11(9-12)15-5-7-16(8-6-15)21(17,18)10-13(14)20/h2-4,9H,5-8,10H2,1H3,(H2,14,20). The summed E-state index contributed by atoms with van der Waals surface area (Å²) in [5.74, 6) is 0.526. The number of piperazine rings is 1. The third-order valence-electron chi connectivity index (χ3n) is 3.38. The molecule has 6 nitrogen and oxygen atoms in total. The van der Waals surface area contributed by atoms with Crippen LogP contribution in [-0.4, -0.2) is 56.8 Å². The first-order chi connectivity index (χ1) is 9.92. The van der Waals surface area contributed by atoms with E-state index in [1.54, 1.807) is 7.11 Å². The average molecular weight is 329 g/mol. The van der Waals surface area contributed by atoms with Crippen molar-refractivity contribution in [3.63, 3.8) is 0 Å². The molecule has 1 heterocycles. The SMILES string of the molecule is COc1cccc(N2CCN(S(=O)(=O)CC(N)=S)CC2)c1. The number of thiocarbonyl (C=S) groups is 1. The summed E-state index contributed by atoms with van der Waals surface area (Å²) in [4.78, 5) is 2.14. The second kappa shape index (κ2) is 6.59. The maximum absolute atomic E-state index is 12.1. The maximum Gasteiger partial charge on any atom is 0.220 e. The Morgan fingerprint density at radius 3 is 2.57 bits per heavy atom. The van der Waals surface area contributed by atoms with Gasteiger partial charge in [-0.1, -0.05) is 18.3 Å². The molecule has 1 fully saturated rings. The zero-order chi connectivity index (χ0) is 15.5. The van der Waals surface area contributed by atoms with E-state index in [4.69, 9.17) is 10.5 Å². The molecular weight excluding hydrogens is 310 g/mol. The number of ether oxygens (including phenoxy) is 1.